The molecule has 5 heteroatoms. The molecule has 1 atom stereocenters. The van der Waals surface area contributed by atoms with Crippen molar-refractivity contribution in [2.24, 2.45) is 0 Å². The molecule has 1 aromatic heterocycles. The number of carboxylic acid groups (broad SMARTS) is 1. The Morgan fingerprint density at radius 2 is 2.44 bits per heavy atom. The van der Waals surface area contributed by atoms with E-state index in [-0.39, 0.29) is 12.5 Å². The maximum atomic E-state index is 10.8. The fourth-order valence-corrected chi connectivity index (χ4v) is 2.11. The molecule has 1 unspecified atom stereocenters. The Balaban J connectivity index is 2.00. The van der Waals surface area contributed by atoms with Crippen molar-refractivity contribution in [3.05, 3.63) is 29.6 Å². The molecule has 0 aromatic carbocycles. The van der Waals surface area contributed by atoms with Crippen molar-refractivity contribution in [3.8, 4) is 0 Å². The molecule has 1 aromatic rings. The lowest BCUT2D eigenvalue weighted by atomic mass is 10.1. The van der Waals surface area contributed by atoms with E-state index in [0.29, 0.717) is 13.2 Å². The van der Waals surface area contributed by atoms with Crippen molar-refractivity contribution in [1.29, 1.82) is 0 Å². The van der Waals surface area contributed by atoms with Gasteiger partial charge in [0.25, 0.3) is 0 Å². The molecule has 1 saturated heterocycles. The third-order valence-electron chi connectivity index (χ3n) is 3.12. The van der Waals surface area contributed by atoms with E-state index in [1.807, 2.05) is 25.3 Å². The van der Waals surface area contributed by atoms with Crippen LogP contribution in [0.25, 0.3) is 0 Å². The summed E-state index contributed by atoms with van der Waals surface area (Å²) in [5.74, 6) is -0.780. The number of carbonyl (C=O) groups is 1. The minimum Gasteiger partial charge on any atom is -0.481 e. The van der Waals surface area contributed by atoms with Crippen LogP contribution in [0.15, 0.2) is 18.3 Å². The number of nitrogens with zero attached hydrogens (tertiary/aromatic N) is 2. The maximum absolute atomic E-state index is 10.8. The number of rotatable bonds is 4. The Kier molecular flexibility index (Phi) is 4.28. The highest BCUT2D eigenvalue weighted by molar-refractivity contribution is 5.67. The Bertz CT molecular complexity index is 405. The second-order valence-corrected chi connectivity index (χ2v) is 4.60. The van der Waals surface area contributed by atoms with E-state index in [9.17, 15) is 4.79 Å². The number of carboxylic acids is 1. The second-order valence-electron chi connectivity index (χ2n) is 4.60. The molecule has 18 heavy (non-hydrogen) atoms. The van der Waals surface area contributed by atoms with Crippen LogP contribution in [0, 0.1) is 6.92 Å². The molecule has 98 valence electrons. The first-order valence-corrected chi connectivity index (χ1v) is 6.10. The standard InChI is InChI=1S/C13H18N2O3/c1-10-2-3-11(7-14-10)8-15-4-5-18-9-12(15)6-13(16)17/h2-3,7,12H,4-6,8-9H2,1H3,(H,16,17). The number of pyridine rings is 1. The van der Waals surface area contributed by atoms with Gasteiger partial charge in [0.05, 0.1) is 19.6 Å². The molecule has 0 aliphatic carbocycles. The third-order valence-corrected chi connectivity index (χ3v) is 3.12. The number of hydrogen-bond donors (Lipinski definition) is 1. The number of aryl methyl sites for hydroxylation is 1. The van der Waals surface area contributed by atoms with Crippen LogP contribution in [0.1, 0.15) is 17.7 Å². The highest BCUT2D eigenvalue weighted by atomic mass is 16.5. The summed E-state index contributed by atoms with van der Waals surface area (Å²) in [7, 11) is 0. The Labute approximate surface area is 106 Å². The predicted molar refractivity (Wildman–Crippen MR) is 66.2 cm³/mol. The van der Waals surface area contributed by atoms with E-state index in [0.717, 1.165) is 24.3 Å². The van der Waals surface area contributed by atoms with Gasteiger partial charge < -0.3 is 9.84 Å². The number of aliphatic carboxylic acids is 1. The summed E-state index contributed by atoms with van der Waals surface area (Å²) < 4.78 is 5.35. The zero-order valence-electron chi connectivity index (χ0n) is 10.5. The lowest BCUT2D eigenvalue weighted by Crippen LogP contribution is -2.45. The van der Waals surface area contributed by atoms with E-state index < -0.39 is 5.97 Å². The maximum Gasteiger partial charge on any atom is 0.305 e. The van der Waals surface area contributed by atoms with Gasteiger partial charge in [-0.3, -0.25) is 14.7 Å². The highest BCUT2D eigenvalue weighted by Gasteiger charge is 2.25. The van der Waals surface area contributed by atoms with Gasteiger partial charge in [0.2, 0.25) is 0 Å². The molecule has 1 N–H and O–H groups in total. The number of ether oxygens (including phenoxy) is 1. The van der Waals surface area contributed by atoms with Crippen LogP contribution >= 0.6 is 0 Å². The summed E-state index contributed by atoms with van der Waals surface area (Å²) in [5.41, 5.74) is 2.10. The molecule has 0 spiro atoms. The molecule has 2 heterocycles. The summed E-state index contributed by atoms with van der Waals surface area (Å²) in [5, 5.41) is 8.89. The lowest BCUT2D eigenvalue weighted by molar-refractivity contribution is -0.140. The van der Waals surface area contributed by atoms with E-state index in [4.69, 9.17) is 9.84 Å². The van der Waals surface area contributed by atoms with Gasteiger partial charge >= 0.3 is 5.97 Å². The van der Waals surface area contributed by atoms with Crippen molar-refractivity contribution in [2.45, 2.75) is 25.9 Å². The van der Waals surface area contributed by atoms with Crippen molar-refractivity contribution in [1.82, 2.24) is 9.88 Å². The van der Waals surface area contributed by atoms with Gasteiger partial charge in [-0.2, -0.15) is 0 Å². The number of morpholine rings is 1. The first kappa shape index (κ1) is 13.0. The van der Waals surface area contributed by atoms with Gasteiger partial charge in [0, 0.05) is 31.0 Å². The van der Waals surface area contributed by atoms with Crippen LogP contribution in [-0.4, -0.2) is 46.8 Å². The Hall–Kier alpha value is -1.46. The molecular formula is C13H18N2O3. The van der Waals surface area contributed by atoms with E-state index in [1.54, 1.807) is 0 Å². The van der Waals surface area contributed by atoms with Gasteiger partial charge in [-0.15, -0.1) is 0 Å². The van der Waals surface area contributed by atoms with Gasteiger partial charge in [-0.25, -0.2) is 0 Å². The molecule has 1 fully saturated rings. The van der Waals surface area contributed by atoms with Crippen LogP contribution in [0.4, 0.5) is 0 Å². The Morgan fingerprint density at radius 3 is 3.11 bits per heavy atom. The normalized spacial score (nSPS) is 20.8. The molecule has 1 aliphatic rings. The first-order valence-electron chi connectivity index (χ1n) is 6.10. The fraction of sp³-hybridized carbons (Fsp3) is 0.538. The molecule has 0 bridgehead atoms. The van der Waals surface area contributed by atoms with Crippen molar-refractivity contribution in [2.75, 3.05) is 19.8 Å². The predicted octanol–water partition coefficient (Wildman–Crippen LogP) is 1.07. The summed E-state index contributed by atoms with van der Waals surface area (Å²) in [6.07, 6.45) is 1.97. The monoisotopic (exact) mass is 250 g/mol. The molecular weight excluding hydrogens is 232 g/mol. The number of hydrogen-bond acceptors (Lipinski definition) is 4. The minimum absolute atomic E-state index is 0.0439. The van der Waals surface area contributed by atoms with Crippen LogP contribution < -0.4 is 0 Å². The average Bonchev–Trinajstić information content (AvgIpc) is 2.34. The lowest BCUT2D eigenvalue weighted by Gasteiger charge is -2.34. The van der Waals surface area contributed by atoms with Crippen LogP contribution in [0.3, 0.4) is 0 Å². The number of aromatic nitrogens is 1. The molecule has 2 rings (SSSR count). The minimum atomic E-state index is -0.780. The van der Waals surface area contributed by atoms with Crippen LogP contribution in [0.5, 0.6) is 0 Å². The van der Waals surface area contributed by atoms with E-state index >= 15 is 0 Å². The molecule has 1 aliphatic heterocycles. The summed E-state index contributed by atoms with van der Waals surface area (Å²) in [4.78, 5) is 17.2. The SMILES string of the molecule is Cc1ccc(CN2CCOCC2CC(=O)O)cn1. The summed E-state index contributed by atoms with van der Waals surface area (Å²) >= 11 is 0. The van der Waals surface area contributed by atoms with Crippen LogP contribution in [-0.2, 0) is 16.1 Å². The van der Waals surface area contributed by atoms with Gasteiger partial charge in [0.1, 0.15) is 0 Å². The second kappa shape index (κ2) is 5.93. The van der Waals surface area contributed by atoms with Crippen molar-refractivity contribution in [3.63, 3.8) is 0 Å². The Morgan fingerprint density at radius 1 is 1.61 bits per heavy atom. The average molecular weight is 250 g/mol. The van der Waals surface area contributed by atoms with Gasteiger partial charge in [0.15, 0.2) is 0 Å². The van der Waals surface area contributed by atoms with E-state index in [2.05, 4.69) is 9.88 Å². The molecule has 5 nitrogen and oxygen atoms in total. The fourth-order valence-electron chi connectivity index (χ4n) is 2.11. The van der Waals surface area contributed by atoms with Gasteiger partial charge in [-0.05, 0) is 18.6 Å². The zero-order chi connectivity index (χ0) is 13.0. The quantitative estimate of drug-likeness (QED) is 0.866. The van der Waals surface area contributed by atoms with Crippen LogP contribution in [0.2, 0.25) is 0 Å². The van der Waals surface area contributed by atoms with E-state index in [1.165, 1.54) is 0 Å². The molecule has 0 amide bonds. The summed E-state index contributed by atoms with van der Waals surface area (Å²) in [6, 6.07) is 3.97. The molecule has 0 radical (unpaired) electrons. The highest BCUT2D eigenvalue weighted by Crippen LogP contribution is 2.14. The van der Waals surface area contributed by atoms with Gasteiger partial charge in [-0.1, -0.05) is 6.07 Å². The first-order chi connectivity index (χ1) is 8.65. The third kappa shape index (κ3) is 3.51. The summed E-state index contributed by atoms with van der Waals surface area (Å²) in [6.45, 7) is 4.60. The topological polar surface area (TPSA) is 62.7 Å². The molecule has 0 saturated carbocycles. The smallest absolute Gasteiger partial charge is 0.305 e. The van der Waals surface area contributed by atoms with Crippen molar-refractivity contribution < 1.29 is 14.6 Å². The largest absolute Gasteiger partial charge is 0.481 e. The van der Waals surface area contributed by atoms with Crippen molar-refractivity contribution >= 4 is 5.97 Å². The zero-order valence-corrected chi connectivity index (χ0v) is 10.5.